The topological polar surface area (TPSA) is 6.48 Å². The monoisotopic (exact) mass is 384 g/mol. The Labute approximate surface area is 175 Å². The summed E-state index contributed by atoms with van der Waals surface area (Å²) in [6, 6.07) is 4.52. The first-order valence-corrected chi connectivity index (χ1v) is 10.8. The lowest BCUT2D eigenvalue weighted by molar-refractivity contribution is 0.496. The third kappa shape index (κ3) is 3.31. The van der Waals surface area contributed by atoms with Gasteiger partial charge >= 0.3 is 0 Å². The predicted molar refractivity (Wildman–Crippen MR) is 124 cm³/mol. The van der Waals surface area contributed by atoms with E-state index in [-0.39, 0.29) is 0 Å². The Hall–Kier alpha value is -2.74. The van der Waals surface area contributed by atoms with Crippen molar-refractivity contribution in [3.05, 3.63) is 100 Å². The van der Waals surface area contributed by atoms with E-state index in [1.165, 1.54) is 57.8 Å². The third-order valence-corrected chi connectivity index (χ3v) is 6.23. The number of nitrogens with zero attached hydrogens (tertiary/aromatic N) is 2. The summed E-state index contributed by atoms with van der Waals surface area (Å²) < 4.78 is 0. The average molecular weight is 385 g/mol. The second-order valence-corrected chi connectivity index (χ2v) is 8.55. The first-order valence-electron chi connectivity index (χ1n) is 10.8. The van der Waals surface area contributed by atoms with Crippen LogP contribution in [0, 0.1) is 26.7 Å². The molecular formula is C27H32N2. The van der Waals surface area contributed by atoms with E-state index < -0.39 is 0 Å². The van der Waals surface area contributed by atoms with E-state index in [9.17, 15) is 0 Å². The standard InChI is InChI=1S/C27H32N2/c1-7-10-23-12-8-11-19(3)26(23)25-14-9-13-24-17-28(22(6)29(24)25)27-20(4)15-18(2)16-21(27)5/h8-9,11,13-17,23H,6-7,10,12H2,1-5H3/t23-/m1/s1. The van der Waals surface area contributed by atoms with Crippen LogP contribution in [-0.4, -0.2) is 4.90 Å². The van der Waals surface area contributed by atoms with Crippen molar-refractivity contribution < 1.29 is 0 Å². The molecule has 1 aromatic carbocycles. The first kappa shape index (κ1) is 19.6. The summed E-state index contributed by atoms with van der Waals surface area (Å²) in [6.07, 6.45) is 17.0. The average Bonchev–Trinajstić information content (AvgIpc) is 2.98. The zero-order valence-corrected chi connectivity index (χ0v) is 18.4. The van der Waals surface area contributed by atoms with Crippen LogP contribution >= 0.6 is 0 Å². The van der Waals surface area contributed by atoms with Crippen LogP contribution < -0.4 is 4.90 Å². The van der Waals surface area contributed by atoms with Crippen LogP contribution in [0.15, 0.2) is 83.7 Å². The summed E-state index contributed by atoms with van der Waals surface area (Å²) in [5, 5.41) is 0. The molecule has 1 aromatic rings. The number of aryl methyl sites for hydroxylation is 3. The molecule has 2 heterocycles. The smallest absolute Gasteiger partial charge is 0.114 e. The number of hydrogen-bond acceptors (Lipinski definition) is 2. The quantitative estimate of drug-likeness (QED) is 0.542. The van der Waals surface area contributed by atoms with Crippen LogP contribution in [0.25, 0.3) is 0 Å². The van der Waals surface area contributed by atoms with Gasteiger partial charge in [-0.2, -0.15) is 0 Å². The van der Waals surface area contributed by atoms with Gasteiger partial charge in [0.1, 0.15) is 5.82 Å². The van der Waals surface area contributed by atoms with Gasteiger partial charge in [0.05, 0.1) is 17.1 Å². The highest BCUT2D eigenvalue weighted by molar-refractivity contribution is 5.69. The van der Waals surface area contributed by atoms with Crippen molar-refractivity contribution in [3.8, 4) is 0 Å². The van der Waals surface area contributed by atoms with E-state index in [1.807, 2.05) is 0 Å². The molecule has 2 heteroatoms. The van der Waals surface area contributed by atoms with Gasteiger partial charge in [0.25, 0.3) is 0 Å². The van der Waals surface area contributed by atoms with Gasteiger partial charge in [-0.05, 0) is 80.9 Å². The van der Waals surface area contributed by atoms with Crippen molar-refractivity contribution in [2.24, 2.45) is 5.92 Å². The van der Waals surface area contributed by atoms with Gasteiger partial charge in [0.2, 0.25) is 0 Å². The minimum absolute atomic E-state index is 0.577. The van der Waals surface area contributed by atoms with Crippen LogP contribution in [0.3, 0.4) is 0 Å². The molecule has 2 nitrogen and oxygen atoms in total. The minimum atomic E-state index is 0.577. The van der Waals surface area contributed by atoms with Crippen LogP contribution in [0.4, 0.5) is 5.69 Å². The maximum absolute atomic E-state index is 4.53. The van der Waals surface area contributed by atoms with Crippen LogP contribution in [0.5, 0.6) is 0 Å². The fourth-order valence-corrected chi connectivity index (χ4v) is 5.15. The fraction of sp³-hybridized carbons (Fsp3) is 0.333. The summed E-state index contributed by atoms with van der Waals surface area (Å²) in [6.45, 7) is 15.6. The molecule has 0 saturated carbocycles. The molecule has 0 radical (unpaired) electrons. The predicted octanol–water partition coefficient (Wildman–Crippen LogP) is 7.19. The number of allylic oxidation sites excluding steroid dienone is 7. The van der Waals surface area contributed by atoms with E-state index in [1.54, 1.807) is 0 Å². The number of anilines is 1. The Kier molecular flexibility index (Phi) is 5.12. The minimum Gasteiger partial charge on any atom is -0.301 e. The highest BCUT2D eigenvalue weighted by atomic mass is 15.4. The van der Waals surface area contributed by atoms with Crippen LogP contribution in [-0.2, 0) is 0 Å². The third-order valence-electron chi connectivity index (χ3n) is 6.23. The summed E-state index contributed by atoms with van der Waals surface area (Å²) in [5.74, 6) is 1.59. The molecular weight excluding hydrogens is 352 g/mol. The van der Waals surface area contributed by atoms with Crippen LogP contribution in [0.1, 0.15) is 49.8 Å². The molecule has 0 fully saturated rings. The molecule has 29 heavy (non-hydrogen) atoms. The highest BCUT2D eigenvalue weighted by Crippen LogP contribution is 2.44. The van der Waals surface area contributed by atoms with Gasteiger partial charge in [-0.15, -0.1) is 0 Å². The summed E-state index contributed by atoms with van der Waals surface area (Å²) >= 11 is 0. The van der Waals surface area contributed by atoms with Crippen LogP contribution in [0.2, 0.25) is 0 Å². The molecule has 0 spiro atoms. The molecule has 0 unspecified atom stereocenters. The van der Waals surface area contributed by atoms with Gasteiger partial charge in [-0.3, -0.25) is 4.90 Å². The maximum Gasteiger partial charge on any atom is 0.114 e. The lowest BCUT2D eigenvalue weighted by atomic mass is 9.81. The molecule has 2 aliphatic heterocycles. The van der Waals surface area contributed by atoms with Crippen molar-refractivity contribution in [1.82, 2.24) is 4.90 Å². The number of hydrogen-bond donors (Lipinski definition) is 0. The molecule has 0 N–H and O–H groups in total. The van der Waals surface area contributed by atoms with Crippen molar-refractivity contribution in [1.29, 1.82) is 0 Å². The summed E-state index contributed by atoms with van der Waals surface area (Å²) in [7, 11) is 0. The van der Waals surface area contributed by atoms with Gasteiger partial charge in [-0.25, -0.2) is 0 Å². The van der Waals surface area contributed by atoms with Gasteiger partial charge < -0.3 is 4.90 Å². The molecule has 1 aliphatic carbocycles. The second kappa shape index (κ2) is 7.59. The van der Waals surface area contributed by atoms with Crippen molar-refractivity contribution in [2.75, 3.05) is 4.90 Å². The normalized spacial score (nSPS) is 21.0. The van der Waals surface area contributed by atoms with Crippen molar-refractivity contribution in [2.45, 2.75) is 53.9 Å². The Morgan fingerprint density at radius 1 is 1.07 bits per heavy atom. The summed E-state index contributed by atoms with van der Waals surface area (Å²) in [4.78, 5) is 4.62. The lowest BCUT2D eigenvalue weighted by Crippen LogP contribution is -2.28. The van der Waals surface area contributed by atoms with E-state index in [0.29, 0.717) is 5.92 Å². The SMILES string of the molecule is C=C1N2C(=CN1c1c(C)cc(C)cc1C)C=CC=C2C1=C(C)C=CC[C@H]1CCC. The Balaban J connectivity index is 1.76. The Morgan fingerprint density at radius 3 is 2.48 bits per heavy atom. The molecule has 3 aliphatic rings. The van der Waals surface area contributed by atoms with Gasteiger partial charge in [-0.1, -0.05) is 55.8 Å². The zero-order chi connectivity index (χ0) is 20.7. The lowest BCUT2D eigenvalue weighted by Gasteiger charge is -2.35. The molecule has 150 valence electrons. The first-order chi connectivity index (χ1) is 13.9. The Bertz CT molecular complexity index is 990. The van der Waals surface area contributed by atoms with E-state index >= 15 is 0 Å². The largest absolute Gasteiger partial charge is 0.301 e. The second-order valence-electron chi connectivity index (χ2n) is 8.55. The molecule has 0 bridgehead atoms. The maximum atomic E-state index is 4.53. The van der Waals surface area contributed by atoms with Gasteiger partial charge in [0, 0.05) is 6.20 Å². The molecule has 0 saturated heterocycles. The Morgan fingerprint density at radius 2 is 1.79 bits per heavy atom. The van der Waals surface area contributed by atoms with Crippen molar-refractivity contribution in [3.63, 3.8) is 0 Å². The fourth-order valence-electron chi connectivity index (χ4n) is 5.15. The number of rotatable bonds is 4. The summed E-state index contributed by atoms with van der Waals surface area (Å²) in [5.41, 5.74) is 10.5. The van der Waals surface area contributed by atoms with Gasteiger partial charge in [0.15, 0.2) is 0 Å². The van der Waals surface area contributed by atoms with Crippen molar-refractivity contribution >= 4 is 5.69 Å². The molecule has 4 rings (SSSR count). The number of benzene rings is 1. The highest BCUT2D eigenvalue weighted by Gasteiger charge is 2.34. The van der Waals surface area contributed by atoms with E-state index in [4.69, 9.17) is 0 Å². The molecule has 0 amide bonds. The zero-order valence-electron chi connectivity index (χ0n) is 18.4. The molecule has 1 atom stereocenters. The number of fused-ring (bicyclic) bond motifs is 1. The molecule has 0 aromatic heterocycles. The van der Waals surface area contributed by atoms with E-state index in [0.717, 1.165) is 12.2 Å². The van der Waals surface area contributed by atoms with E-state index in [2.05, 4.69) is 99.7 Å².